The van der Waals surface area contributed by atoms with Crippen LogP contribution in [0, 0.1) is 11.3 Å². The summed E-state index contributed by atoms with van der Waals surface area (Å²) in [5.74, 6) is 0.0578. The van der Waals surface area contributed by atoms with Crippen LogP contribution in [0.3, 0.4) is 0 Å². The maximum absolute atomic E-state index is 11.7. The van der Waals surface area contributed by atoms with E-state index in [2.05, 4.69) is 15.3 Å². The molecule has 0 fully saturated rings. The third kappa shape index (κ3) is 2.63. The number of carbonyl (C=O) groups is 1. The molecule has 2 rings (SSSR count). The first-order valence-electron chi connectivity index (χ1n) is 4.88. The summed E-state index contributed by atoms with van der Waals surface area (Å²) in [5, 5.41) is 11.2. The second kappa shape index (κ2) is 4.86. The van der Waals surface area contributed by atoms with E-state index in [1.807, 2.05) is 6.07 Å². The molecule has 0 saturated carbocycles. The first-order valence-corrected chi connectivity index (χ1v) is 4.88. The van der Waals surface area contributed by atoms with Crippen LogP contribution in [0.15, 0.2) is 42.7 Å². The molecule has 1 amide bonds. The van der Waals surface area contributed by atoms with Crippen molar-refractivity contribution < 1.29 is 4.79 Å². The second-order valence-electron chi connectivity index (χ2n) is 3.21. The van der Waals surface area contributed by atoms with E-state index in [0.29, 0.717) is 17.1 Å². The van der Waals surface area contributed by atoms with Gasteiger partial charge in [0.2, 0.25) is 0 Å². The Hall–Kier alpha value is -2.74. The summed E-state index contributed by atoms with van der Waals surface area (Å²) in [7, 11) is 0. The number of pyridine rings is 2. The van der Waals surface area contributed by atoms with Gasteiger partial charge in [0.05, 0.1) is 5.56 Å². The van der Waals surface area contributed by atoms with E-state index in [9.17, 15) is 4.79 Å². The quantitative estimate of drug-likeness (QED) is 0.840. The van der Waals surface area contributed by atoms with Gasteiger partial charge >= 0.3 is 0 Å². The highest BCUT2D eigenvalue weighted by atomic mass is 16.1. The minimum absolute atomic E-state index is 0.318. The molecule has 5 heteroatoms. The zero-order chi connectivity index (χ0) is 12.1. The summed E-state index contributed by atoms with van der Waals surface area (Å²) in [6.07, 6.45) is 2.94. The predicted molar refractivity (Wildman–Crippen MR) is 61.1 cm³/mol. The molecule has 0 bridgehead atoms. The Bertz CT molecular complexity index is 557. The van der Waals surface area contributed by atoms with Crippen molar-refractivity contribution in [2.75, 3.05) is 5.32 Å². The lowest BCUT2D eigenvalue weighted by molar-refractivity contribution is 0.102. The standard InChI is InChI=1S/C12H8N4O/c13-7-9-4-5-11(15-8-9)16-12(17)10-3-1-2-6-14-10/h1-6,8H,(H,15,16,17). The smallest absolute Gasteiger partial charge is 0.275 e. The Morgan fingerprint density at radius 3 is 2.71 bits per heavy atom. The van der Waals surface area contributed by atoms with E-state index in [-0.39, 0.29) is 5.91 Å². The highest BCUT2D eigenvalue weighted by Crippen LogP contribution is 2.05. The van der Waals surface area contributed by atoms with E-state index in [4.69, 9.17) is 5.26 Å². The van der Waals surface area contributed by atoms with Crippen LogP contribution in [0.1, 0.15) is 16.1 Å². The normalized spacial score (nSPS) is 9.35. The van der Waals surface area contributed by atoms with E-state index < -0.39 is 0 Å². The monoisotopic (exact) mass is 224 g/mol. The first kappa shape index (κ1) is 10.8. The van der Waals surface area contributed by atoms with Crippen molar-refractivity contribution in [3.05, 3.63) is 54.0 Å². The highest BCUT2D eigenvalue weighted by Gasteiger charge is 2.06. The second-order valence-corrected chi connectivity index (χ2v) is 3.21. The molecule has 2 heterocycles. The molecule has 2 aromatic heterocycles. The van der Waals surface area contributed by atoms with Crippen molar-refractivity contribution in [3.63, 3.8) is 0 Å². The highest BCUT2D eigenvalue weighted by molar-refractivity contribution is 6.02. The fourth-order valence-corrected chi connectivity index (χ4v) is 1.21. The number of hydrogen-bond donors (Lipinski definition) is 1. The van der Waals surface area contributed by atoms with E-state index in [1.165, 1.54) is 6.20 Å². The van der Waals surface area contributed by atoms with Crippen molar-refractivity contribution in [1.82, 2.24) is 9.97 Å². The molecule has 2 aromatic rings. The molecule has 1 N–H and O–H groups in total. The van der Waals surface area contributed by atoms with Gasteiger partial charge in [-0.2, -0.15) is 5.26 Å². The summed E-state index contributed by atoms with van der Waals surface area (Å²) in [5.41, 5.74) is 0.763. The number of nitrogens with zero attached hydrogens (tertiary/aromatic N) is 3. The minimum atomic E-state index is -0.331. The molecular weight excluding hydrogens is 216 g/mol. The Balaban J connectivity index is 2.11. The van der Waals surface area contributed by atoms with Gasteiger partial charge in [-0.15, -0.1) is 0 Å². The van der Waals surface area contributed by atoms with Gasteiger partial charge < -0.3 is 5.32 Å². The van der Waals surface area contributed by atoms with Crippen LogP contribution < -0.4 is 5.32 Å². The number of rotatable bonds is 2. The number of carbonyl (C=O) groups excluding carboxylic acids is 1. The van der Waals surface area contributed by atoms with Crippen molar-refractivity contribution >= 4 is 11.7 Å². The molecule has 0 atom stereocenters. The van der Waals surface area contributed by atoms with Crippen LogP contribution in [0.5, 0.6) is 0 Å². The molecule has 82 valence electrons. The molecule has 0 aliphatic heterocycles. The SMILES string of the molecule is N#Cc1ccc(NC(=O)c2ccccn2)nc1. The summed E-state index contributed by atoms with van der Waals surface area (Å²) < 4.78 is 0. The van der Waals surface area contributed by atoms with E-state index in [1.54, 1.807) is 36.5 Å². The third-order valence-electron chi connectivity index (χ3n) is 2.03. The number of anilines is 1. The maximum atomic E-state index is 11.7. The Kier molecular flexibility index (Phi) is 3.08. The van der Waals surface area contributed by atoms with Gasteiger partial charge in [-0.05, 0) is 24.3 Å². The first-order chi connectivity index (χ1) is 8.29. The average Bonchev–Trinajstić information content (AvgIpc) is 2.40. The van der Waals surface area contributed by atoms with Gasteiger partial charge in [0.25, 0.3) is 5.91 Å². The van der Waals surface area contributed by atoms with Crippen molar-refractivity contribution in [1.29, 1.82) is 5.26 Å². The van der Waals surface area contributed by atoms with Crippen LogP contribution in [0.4, 0.5) is 5.82 Å². The number of aromatic nitrogens is 2. The summed E-state index contributed by atoms with van der Waals surface area (Å²) in [6, 6.07) is 10.2. The van der Waals surface area contributed by atoms with Crippen LogP contribution in [0.2, 0.25) is 0 Å². The lowest BCUT2D eigenvalue weighted by atomic mass is 10.3. The summed E-state index contributed by atoms with van der Waals surface area (Å²) in [4.78, 5) is 19.5. The molecule has 0 unspecified atom stereocenters. The lowest BCUT2D eigenvalue weighted by Crippen LogP contribution is -2.14. The zero-order valence-corrected chi connectivity index (χ0v) is 8.79. The van der Waals surface area contributed by atoms with E-state index in [0.717, 1.165) is 0 Å². The maximum Gasteiger partial charge on any atom is 0.275 e. The fourth-order valence-electron chi connectivity index (χ4n) is 1.21. The van der Waals surface area contributed by atoms with Gasteiger partial charge in [0.15, 0.2) is 0 Å². The third-order valence-corrected chi connectivity index (χ3v) is 2.03. The van der Waals surface area contributed by atoms with Gasteiger partial charge in [-0.25, -0.2) is 4.98 Å². The number of hydrogen-bond acceptors (Lipinski definition) is 4. The number of amides is 1. The zero-order valence-electron chi connectivity index (χ0n) is 8.79. The van der Waals surface area contributed by atoms with E-state index >= 15 is 0 Å². The molecule has 0 aromatic carbocycles. The molecular formula is C12H8N4O. The van der Waals surface area contributed by atoms with Crippen LogP contribution in [-0.4, -0.2) is 15.9 Å². The van der Waals surface area contributed by atoms with Gasteiger partial charge in [0.1, 0.15) is 17.6 Å². The Morgan fingerprint density at radius 1 is 1.24 bits per heavy atom. The summed E-state index contributed by atoms with van der Waals surface area (Å²) in [6.45, 7) is 0. The van der Waals surface area contributed by atoms with Gasteiger partial charge in [0, 0.05) is 12.4 Å². The van der Waals surface area contributed by atoms with Crippen molar-refractivity contribution in [2.24, 2.45) is 0 Å². The number of nitriles is 1. The lowest BCUT2D eigenvalue weighted by Gasteiger charge is -2.02. The van der Waals surface area contributed by atoms with Crippen molar-refractivity contribution in [3.8, 4) is 6.07 Å². The molecule has 0 aliphatic rings. The number of nitrogens with one attached hydrogen (secondary N) is 1. The minimum Gasteiger partial charge on any atom is -0.305 e. The van der Waals surface area contributed by atoms with Gasteiger partial charge in [-0.3, -0.25) is 9.78 Å². The summed E-state index contributed by atoms with van der Waals surface area (Å²) >= 11 is 0. The fraction of sp³-hybridized carbons (Fsp3) is 0. The largest absolute Gasteiger partial charge is 0.305 e. The topological polar surface area (TPSA) is 78.7 Å². The molecule has 0 radical (unpaired) electrons. The van der Waals surface area contributed by atoms with Gasteiger partial charge in [-0.1, -0.05) is 6.07 Å². The molecule has 0 spiro atoms. The van der Waals surface area contributed by atoms with Crippen LogP contribution in [-0.2, 0) is 0 Å². The molecule has 17 heavy (non-hydrogen) atoms. The van der Waals surface area contributed by atoms with Crippen LogP contribution in [0.25, 0.3) is 0 Å². The molecule has 5 nitrogen and oxygen atoms in total. The Morgan fingerprint density at radius 2 is 2.12 bits per heavy atom. The predicted octanol–water partition coefficient (Wildman–Crippen LogP) is 1.60. The van der Waals surface area contributed by atoms with Crippen LogP contribution >= 0.6 is 0 Å². The Labute approximate surface area is 97.8 Å². The molecule has 0 saturated heterocycles. The van der Waals surface area contributed by atoms with Crippen molar-refractivity contribution in [2.45, 2.75) is 0 Å². The average molecular weight is 224 g/mol. The molecule has 0 aliphatic carbocycles.